The van der Waals surface area contributed by atoms with Crippen LogP contribution in [0.4, 0.5) is 0 Å². The Bertz CT molecular complexity index is 469. The molecule has 0 bridgehead atoms. The summed E-state index contributed by atoms with van der Waals surface area (Å²) in [6.45, 7) is 6.02. The number of hydrogen-bond donors (Lipinski definition) is 0. The molecule has 0 saturated heterocycles. The molecule has 1 aromatic rings. The number of hydrogen-bond acceptors (Lipinski definition) is 3. The first kappa shape index (κ1) is 11.9. The Kier molecular flexibility index (Phi) is 3.03. The first-order valence-electron chi connectivity index (χ1n) is 5.95. The Labute approximate surface area is 102 Å². The van der Waals surface area contributed by atoms with Gasteiger partial charge in [0.05, 0.1) is 6.10 Å². The van der Waals surface area contributed by atoms with Crippen molar-refractivity contribution < 1.29 is 9.53 Å². The van der Waals surface area contributed by atoms with Crippen molar-refractivity contribution in [2.45, 2.75) is 45.3 Å². The molecule has 1 aromatic carbocycles. The fourth-order valence-corrected chi connectivity index (χ4v) is 2.21. The number of aryl methyl sites for hydroxylation is 1. The third kappa shape index (κ3) is 2.25. The molecule has 3 heteroatoms. The lowest BCUT2D eigenvalue weighted by atomic mass is 9.98. The van der Waals surface area contributed by atoms with Crippen LogP contribution in [0.1, 0.15) is 37.8 Å². The largest absolute Gasteiger partial charge is 0.491 e. The minimum absolute atomic E-state index is 0.117. The smallest absolute Gasteiger partial charge is 0.235 e. The van der Waals surface area contributed by atoms with Crippen molar-refractivity contribution in [2.24, 2.45) is 4.99 Å². The van der Waals surface area contributed by atoms with Gasteiger partial charge in [0.2, 0.25) is 6.08 Å². The highest BCUT2D eigenvalue weighted by atomic mass is 16.5. The van der Waals surface area contributed by atoms with Crippen LogP contribution in [0.15, 0.2) is 23.2 Å². The van der Waals surface area contributed by atoms with Crippen LogP contribution < -0.4 is 4.74 Å². The van der Waals surface area contributed by atoms with Crippen molar-refractivity contribution in [3.63, 3.8) is 0 Å². The SMILES string of the molecule is Cc1cccc(OC(C)C)c1C1(N=C=O)CC1. The molecule has 0 N–H and O–H groups in total. The molecule has 0 heterocycles. The zero-order valence-corrected chi connectivity index (χ0v) is 10.5. The van der Waals surface area contributed by atoms with Crippen LogP contribution >= 0.6 is 0 Å². The molecular weight excluding hydrogens is 214 g/mol. The first-order chi connectivity index (χ1) is 8.09. The van der Waals surface area contributed by atoms with Crippen molar-refractivity contribution in [1.29, 1.82) is 0 Å². The molecule has 1 aliphatic rings. The van der Waals surface area contributed by atoms with Crippen molar-refractivity contribution in [2.75, 3.05) is 0 Å². The highest BCUT2D eigenvalue weighted by Crippen LogP contribution is 2.53. The van der Waals surface area contributed by atoms with Gasteiger partial charge in [0.15, 0.2) is 0 Å². The van der Waals surface area contributed by atoms with Gasteiger partial charge in [0.1, 0.15) is 11.3 Å². The van der Waals surface area contributed by atoms with E-state index in [9.17, 15) is 4.79 Å². The quantitative estimate of drug-likeness (QED) is 0.590. The zero-order chi connectivity index (χ0) is 12.5. The van der Waals surface area contributed by atoms with Gasteiger partial charge in [-0.1, -0.05) is 12.1 Å². The van der Waals surface area contributed by atoms with Crippen LogP contribution in [0, 0.1) is 6.92 Å². The first-order valence-corrected chi connectivity index (χ1v) is 5.95. The van der Waals surface area contributed by atoms with Crippen LogP contribution in [0.25, 0.3) is 0 Å². The predicted octanol–water partition coefficient (Wildman–Crippen LogP) is 3.11. The minimum atomic E-state index is -0.364. The fraction of sp³-hybridized carbons (Fsp3) is 0.500. The van der Waals surface area contributed by atoms with Gasteiger partial charge in [-0.3, -0.25) is 0 Å². The number of rotatable bonds is 4. The lowest BCUT2D eigenvalue weighted by molar-refractivity contribution is 0.238. The second-order valence-corrected chi connectivity index (χ2v) is 4.85. The van der Waals surface area contributed by atoms with E-state index in [1.165, 1.54) is 0 Å². The number of benzene rings is 1. The number of isocyanates is 1. The second-order valence-electron chi connectivity index (χ2n) is 4.85. The highest BCUT2D eigenvalue weighted by molar-refractivity contribution is 5.50. The normalized spacial score (nSPS) is 16.5. The van der Waals surface area contributed by atoms with E-state index < -0.39 is 0 Å². The van der Waals surface area contributed by atoms with Gasteiger partial charge in [0, 0.05) is 5.56 Å². The zero-order valence-electron chi connectivity index (χ0n) is 10.5. The molecule has 0 unspecified atom stereocenters. The summed E-state index contributed by atoms with van der Waals surface area (Å²) in [4.78, 5) is 14.5. The maximum absolute atomic E-state index is 10.5. The van der Waals surface area contributed by atoms with Crippen molar-refractivity contribution in [3.05, 3.63) is 29.3 Å². The summed E-state index contributed by atoms with van der Waals surface area (Å²) < 4.78 is 5.81. The summed E-state index contributed by atoms with van der Waals surface area (Å²) in [6, 6.07) is 5.95. The van der Waals surface area contributed by atoms with Gasteiger partial charge < -0.3 is 4.74 Å². The molecule has 0 spiro atoms. The van der Waals surface area contributed by atoms with Crippen molar-refractivity contribution in [3.8, 4) is 5.75 Å². The second kappa shape index (κ2) is 4.34. The summed E-state index contributed by atoms with van der Waals surface area (Å²) in [6.07, 6.45) is 3.62. The van der Waals surface area contributed by atoms with E-state index in [0.717, 1.165) is 29.7 Å². The molecule has 0 aliphatic heterocycles. The standard InChI is InChI=1S/C14H17NO2/c1-10(2)17-12-6-4-5-11(3)13(12)14(7-8-14)15-9-16/h4-6,10H,7-8H2,1-3H3. The van der Waals surface area contributed by atoms with Gasteiger partial charge in [-0.05, 0) is 45.2 Å². The molecule has 2 rings (SSSR count). The maximum atomic E-state index is 10.5. The van der Waals surface area contributed by atoms with Gasteiger partial charge in [-0.25, -0.2) is 4.79 Å². The van der Waals surface area contributed by atoms with Gasteiger partial charge >= 0.3 is 0 Å². The summed E-state index contributed by atoms with van der Waals surface area (Å²) in [5.41, 5.74) is 1.81. The summed E-state index contributed by atoms with van der Waals surface area (Å²) >= 11 is 0. The van der Waals surface area contributed by atoms with E-state index in [1.807, 2.05) is 39.0 Å². The third-order valence-corrected chi connectivity index (χ3v) is 3.05. The van der Waals surface area contributed by atoms with Crippen molar-refractivity contribution >= 4 is 6.08 Å². The number of carbonyl (C=O) groups excluding carboxylic acids is 1. The van der Waals surface area contributed by atoms with E-state index in [4.69, 9.17) is 4.74 Å². The molecule has 3 nitrogen and oxygen atoms in total. The molecule has 0 radical (unpaired) electrons. The summed E-state index contributed by atoms with van der Waals surface area (Å²) in [7, 11) is 0. The Hall–Kier alpha value is -1.60. The van der Waals surface area contributed by atoms with E-state index in [2.05, 4.69) is 4.99 Å². The van der Waals surface area contributed by atoms with Gasteiger partial charge in [0.25, 0.3) is 0 Å². The Balaban J connectivity index is 2.48. The lowest BCUT2D eigenvalue weighted by Crippen LogP contribution is -2.13. The third-order valence-electron chi connectivity index (χ3n) is 3.05. The molecule has 17 heavy (non-hydrogen) atoms. The van der Waals surface area contributed by atoms with Crippen LogP contribution in [-0.2, 0) is 10.3 Å². The summed E-state index contributed by atoms with van der Waals surface area (Å²) in [5.74, 6) is 0.844. The van der Waals surface area contributed by atoms with Gasteiger partial charge in [-0.15, -0.1) is 0 Å². The molecule has 1 aliphatic carbocycles. The molecule has 1 fully saturated rings. The topological polar surface area (TPSA) is 38.7 Å². The lowest BCUT2D eigenvalue weighted by Gasteiger charge is -2.19. The van der Waals surface area contributed by atoms with Crippen LogP contribution in [0.3, 0.4) is 0 Å². The molecule has 0 amide bonds. The highest BCUT2D eigenvalue weighted by Gasteiger charge is 2.47. The van der Waals surface area contributed by atoms with Crippen LogP contribution in [0.2, 0.25) is 0 Å². The Morgan fingerprint density at radius 1 is 1.41 bits per heavy atom. The van der Waals surface area contributed by atoms with E-state index in [-0.39, 0.29) is 11.6 Å². The van der Waals surface area contributed by atoms with E-state index in [0.29, 0.717) is 0 Å². The molecule has 0 atom stereocenters. The Morgan fingerprint density at radius 3 is 2.65 bits per heavy atom. The molecule has 1 saturated carbocycles. The maximum Gasteiger partial charge on any atom is 0.235 e. The number of aliphatic imine (C=N–C) groups is 1. The monoisotopic (exact) mass is 231 g/mol. The van der Waals surface area contributed by atoms with Gasteiger partial charge in [-0.2, -0.15) is 4.99 Å². The average molecular weight is 231 g/mol. The predicted molar refractivity (Wildman–Crippen MR) is 66.0 cm³/mol. The van der Waals surface area contributed by atoms with Crippen LogP contribution in [0.5, 0.6) is 5.75 Å². The molecule has 0 aromatic heterocycles. The fourth-order valence-electron chi connectivity index (χ4n) is 2.21. The van der Waals surface area contributed by atoms with Crippen molar-refractivity contribution in [1.82, 2.24) is 0 Å². The molecular formula is C14H17NO2. The molecule has 90 valence electrons. The number of nitrogens with zero attached hydrogens (tertiary/aromatic N) is 1. The van der Waals surface area contributed by atoms with E-state index >= 15 is 0 Å². The number of ether oxygens (including phenoxy) is 1. The minimum Gasteiger partial charge on any atom is -0.491 e. The van der Waals surface area contributed by atoms with Crippen LogP contribution in [-0.4, -0.2) is 12.2 Å². The van der Waals surface area contributed by atoms with E-state index in [1.54, 1.807) is 6.08 Å². The summed E-state index contributed by atoms with van der Waals surface area (Å²) in [5, 5.41) is 0. The average Bonchev–Trinajstić information content (AvgIpc) is 2.98. The Morgan fingerprint density at radius 2 is 2.12 bits per heavy atom.